The number of rotatable bonds is 3. The topological polar surface area (TPSA) is 100 Å². The lowest BCUT2D eigenvalue weighted by Crippen LogP contribution is -2.09. The lowest BCUT2D eigenvalue weighted by molar-refractivity contribution is 0.0520. The zero-order valence-corrected chi connectivity index (χ0v) is 10.7. The second kappa shape index (κ2) is 4.65. The fourth-order valence-electron chi connectivity index (χ4n) is 1.87. The largest absolute Gasteiger partial charge is 0.461 e. The van der Waals surface area contributed by atoms with E-state index in [0.717, 1.165) is 5.52 Å². The van der Waals surface area contributed by atoms with Gasteiger partial charge in [0.25, 0.3) is 0 Å². The predicted octanol–water partition coefficient (Wildman–Crippen LogP) is 0.674. The molecule has 0 atom stereocenters. The van der Waals surface area contributed by atoms with Gasteiger partial charge in [-0.3, -0.25) is 0 Å². The van der Waals surface area contributed by atoms with Crippen LogP contribution in [0.3, 0.4) is 0 Å². The first kappa shape index (κ1) is 12.2. The molecule has 0 spiro atoms. The molecule has 3 heterocycles. The van der Waals surface area contributed by atoms with Crippen LogP contribution in [0.2, 0.25) is 0 Å². The minimum atomic E-state index is -0.552. The number of hydrogen-bond acceptors (Lipinski definition) is 6. The van der Waals surface area contributed by atoms with Gasteiger partial charge in [-0.15, -0.1) is 0 Å². The van der Waals surface area contributed by atoms with Crippen LogP contribution in [0, 0.1) is 0 Å². The van der Waals surface area contributed by atoms with E-state index in [-0.39, 0.29) is 18.0 Å². The molecule has 0 saturated heterocycles. The Morgan fingerprint density at radius 2 is 2.30 bits per heavy atom. The molecule has 2 N–H and O–H groups in total. The predicted molar refractivity (Wildman–Crippen MR) is 70.5 cm³/mol. The van der Waals surface area contributed by atoms with E-state index in [2.05, 4.69) is 15.2 Å². The molecule has 0 unspecified atom stereocenters. The number of nitrogens with zero attached hydrogens (tertiary/aromatic N) is 5. The van der Waals surface area contributed by atoms with Crippen LogP contribution >= 0.6 is 0 Å². The molecule has 0 aliphatic rings. The smallest absolute Gasteiger partial charge is 0.361 e. The first-order valence-corrected chi connectivity index (χ1v) is 6.01. The van der Waals surface area contributed by atoms with Crippen molar-refractivity contribution in [3.05, 3.63) is 36.5 Å². The zero-order chi connectivity index (χ0) is 14.1. The van der Waals surface area contributed by atoms with Gasteiger partial charge in [-0.2, -0.15) is 10.2 Å². The molecule has 3 rings (SSSR count). The van der Waals surface area contributed by atoms with Crippen molar-refractivity contribution in [1.82, 2.24) is 24.4 Å². The zero-order valence-electron chi connectivity index (χ0n) is 10.7. The van der Waals surface area contributed by atoms with Gasteiger partial charge >= 0.3 is 5.97 Å². The SMILES string of the molecule is CCOC(=O)c1nn(-c2nccn3nccc23)cc1N. The van der Waals surface area contributed by atoms with Crippen LogP contribution < -0.4 is 5.73 Å². The third-order valence-corrected chi connectivity index (χ3v) is 2.73. The minimum Gasteiger partial charge on any atom is -0.461 e. The number of carbonyl (C=O) groups is 1. The van der Waals surface area contributed by atoms with Gasteiger partial charge in [0, 0.05) is 12.4 Å². The van der Waals surface area contributed by atoms with E-state index in [4.69, 9.17) is 10.5 Å². The molecule has 3 aromatic heterocycles. The maximum Gasteiger partial charge on any atom is 0.361 e. The molecule has 8 nitrogen and oxygen atoms in total. The molecular weight excluding hydrogens is 260 g/mol. The fourth-order valence-corrected chi connectivity index (χ4v) is 1.87. The Morgan fingerprint density at radius 3 is 3.10 bits per heavy atom. The molecule has 0 aliphatic heterocycles. The number of aromatic nitrogens is 5. The highest BCUT2D eigenvalue weighted by Crippen LogP contribution is 2.17. The molecule has 0 amide bonds. The van der Waals surface area contributed by atoms with Crippen LogP contribution in [0.1, 0.15) is 17.4 Å². The molecule has 8 heteroatoms. The van der Waals surface area contributed by atoms with E-state index < -0.39 is 5.97 Å². The highest BCUT2D eigenvalue weighted by atomic mass is 16.5. The summed E-state index contributed by atoms with van der Waals surface area (Å²) in [5.41, 5.74) is 6.87. The quantitative estimate of drug-likeness (QED) is 0.703. The third-order valence-electron chi connectivity index (χ3n) is 2.73. The van der Waals surface area contributed by atoms with Crippen LogP contribution in [0.15, 0.2) is 30.9 Å². The van der Waals surface area contributed by atoms with Gasteiger partial charge in [-0.25, -0.2) is 19.0 Å². The third kappa shape index (κ3) is 1.87. The highest BCUT2D eigenvalue weighted by molar-refractivity contribution is 5.92. The van der Waals surface area contributed by atoms with Crippen LogP contribution in [0.25, 0.3) is 11.3 Å². The maximum atomic E-state index is 11.7. The normalized spacial score (nSPS) is 10.8. The molecule has 0 saturated carbocycles. The van der Waals surface area contributed by atoms with Crippen molar-refractivity contribution in [2.75, 3.05) is 12.3 Å². The van der Waals surface area contributed by atoms with Gasteiger partial charge in [0.05, 0.1) is 24.7 Å². The van der Waals surface area contributed by atoms with Gasteiger partial charge < -0.3 is 10.5 Å². The number of nitrogens with two attached hydrogens (primary N) is 1. The monoisotopic (exact) mass is 272 g/mol. The summed E-state index contributed by atoms with van der Waals surface area (Å²) in [6.45, 7) is 1.99. The lowest BCUT2D eigenvalue weighted by Gasteiger charge is -2.02. The first-order chi connectivity index (χ1) is 9.70. The van der Waals surface area contributed by atoms with Crippen molar-refractivity contribution < 1.29 is 9.53 Å². The Bertz CT molecular complexity index is 775. The first-order valence-electron chi connectivity index (χ1n) is 6.01. The van der Waals surface area contributed by atoms with Crippen molar-refractivity contribution in [2.24, 2.45) is 0 Å². The van der Waals surface area contributed by atoms with E-state index in [1.807, 2.05) is 0 Å². The van der Waals surface area contributed by atoms with Crippen molar-refractivity contribution in [2.45, 2.75) is 6.92 Å². The molecule has 102 valence electrons. The number of carbonyl (C=O) groups excluding carboxylic acids is 1. The maximum absolute atomic E-state index is 11.7. The molecule has 0 bridgehead atoms. The fraction of sp³-hybridized carbons (Fsp3) is 0.167. The van der Waals surface area contributed by atoms with Crippen molar-refractivity contribution >= 4 is 17.2 Å². The minimum absolute atomic E-state index is 0.0789. The van der Waals surface area contributed by atoms with E-state index in [1.165, 1.54) is 10.9 Å². The summed E-state index contributed by atoms with van der Waals surface area (Å²) < 4.78 is 8.00. The second-order valence-electron chi connectivity index (χ2n) is 4.01. The summed E-state index contributed by atoms with van der Waals surface area (Å²) in [6, 6.07) is 1.80. The van der Waals surface area contributed by atoms with E-state index in [0.29, 0.717) is 5.82 Å². The average molecular weight is 272 g/mol. The molecule has 3 aromatic rings. The summed E-state index contributed by atoms with van der Waals surface area (Å²) >= 11 is 0. The average Bonchev–Trinajstić information content (AvgIpc) is 3.04. The summed E-state index contributed by atoms with van der Waals surface area (Å²) in [6.07, 6.45) is 6.50. The van der Waals surface area contributed by atoms with Gasteiger partial charge in [0.15, 0.2) is 11.5 Å². The number of fused-ring (bicyclic) bond motifs is 1. The molecule has 0 aromatic carbocycles. The van der Waals surface area contributed by atoms with E-state index in [9.17, 15) is 4.79 Å². The standard InChI is InChI=1S/C12H12N6O2/c1-2-20-12(19)10-8(13)7-18(16-10)11-9-3-4-15-17(9)6-5-14-11/h3-7H,2,13H2,1H3. The molecule has 0 fully saturated rings. The molecule has 20 heavy (non-hydrogen) atoms. The van der Waals surface area contributed by atoms with Crippen LogP contribution in [-0.2, 0) is 4.74 Å². The van der Waals surface area contributed by atoms with Crippen molar-refractivity contribution in [3.63, 3.8) is 0 Å². The van der Waals surface area contributed by atoms with Crippen LogP contribution in [0.5, 0.6) is 0 Å². The summed E-state index contributed by atoms with van der Waals surface area (Å²) in [4.78, 5) is 15.9. The second-order valence-corrected chi connectivity index (χ2v) is 4.01. The van der Waals surface area contributed by atoms with E-state index >= 15 is 0 Å². The number of ether oxygens (including phenoxy) is 1. The molecule has 0 radical (unpaired) electrons. The number of nitrogen functional groups attached to an aromatic ring is 1. The Balaban J connectivity index is 2.09. The van der Waals surface area contributed by atoms with Gasteiger partial charge in [0.2, 0.25) is 0 Å². The van der Waals surface area contributed by atoms with Crippen molar-refractivity contribution in [3.8, 4) is 5.82 Å². The van der Waals surface area contributed by atoms with Gasteiger partial charge in [-0.05, 0) is 13.0 Å². The Morgan fingerprint density at radius 1 is 1.45 bits per heavy atom. The number of hydrogen-bond donors (Lipinski definition) is 1. The lowest BCUT2D eigenvalue weighted by atomic mass is 10.4. The highest BCUT2D eigenvalue weighted by Gasteiger charge is 2.18. The van der Waals surface area contributed by atoms with Crippen LogP contribution in [-0.4, -0.2) is 37.0 Å². The van der Waals surface area contributed by atoms with Crippen molar-refractivity contribution in [1.29, 1.82) is 0 Å². The van der Waals surface area contributed by atoms with Gasteiger partial charge in [0.1, 0.15) is 5.52 Å². The summed E-state index contributed by atoms with van der Waals surface area (Å²) in [7, 11) is 0. The van der Waals surface area contributed by atoms with Crippen LogP contribution in [0.4, 0.5) is 5.69 Å². The number of esters is 1. The molecule has 0 aliphatic carbocycles. The Hall–Kier alpha value is -2.90. The Kier molecular flexibility index (Phi) is 2.82. The Labute approximate surface area is 113 Å². The van der Waals surface area contributed by atoms with E-state index in [1.54, 1.807) is 36.1 Å². The van der Waals surface area contributed by atoms with Gasteiger partial charge in [-0.1, -0.05) is 0 Å². The molecular formula is C12H12N6O2. The summed E-state index contributed by atoms with van der Waals surface area (Å²) in [5, 5.41) is 8.25. The summed E-state index contributed by atoms with van der Waals surface area (Å²) in [5.74, 6) is -0.0172. The number of anilines is 1.